The van der Waals surface area contributed by atoms with Crippen LogP contribution < -0.4 is 4.72 Å². The fourth-order valence-corrected chi connectivity index (χ4v) is 3.69. The van der Waals surface area contributed by atoms with Crippen LogP contribution in [0.25, 0.3) is 0 Å². The van der Waals surface area contributed by atoms with Crippen LogP contribution in [0.5, 0.6) is 0 Å². The smallest absolute Gasteiger partial charge is 0.242 e. The Labute approximate surface area is 114 Å². The zero-order valence-electron chi connectivity index (χ0n) is 9.03. The summed E-state index contributed by atoms with van der Waals surface area (Å²) in [6.45, 7) is 0. The zero-order chi connectivity index (χ0) is 13.5. The quantitative estimate of drug-likeness (QED) is 0.838. The van der Waals surface area contributed by atoms with Crippen LogP contribution in [0.1, 0.15) is 12.8 Å². The third kappa shape index (κ3) is 2.62. The molecular weight excluding hydrogens is 304 g/mol. The number of nitrogens with one attached hydrogen (secondary N) is 1. The van der Waals surface area contributed by atoms with Gasteiger partial charge in [-0.1, -0.05) is 23.2 Å². The summed E-state index contributed by atoms with van der Waals surface area (Å²) in [6, 6.07) is 1.93. The van der Waals surface area contributed by atoms with Gasteiger partial charge in [-0.15, -0.1) is 0 Å². The van der Waals surface area contributed by atoms with E-state index in [4.69, 9.17) is 28.3 Å². The van der Waals surface area contributed by atoms with Crippen molar-refractivity contribution in [1.82, 2.24) is 4.72 Å². The number of aliphatic hydroxyl groups is 1. The van der Waals surface area contributed by atoms with Crippen molar-refractivity contribution in [3.63, 3.8) is 0 Å². The summed E-state index contributed by atoms with van der Waals surface area (Å²) in [5.41, 5.74) is 0. The zero-order valence-corrected chi connectivity index (χ0v) is 11.4. The molecule has 1 aromatic rings. The minimum absolute atomic E-state index is 0.238. The van der Waals surface area contributed by atoms with Crippen LogP contribution >= 0.6 is 23.2 Å². The van der Waals surface area contributed by atoms with E-state index in [1.807, 2.05) is 0 Å². The first-order valence-corrected chi connectivity index (χ1v) is 7.39. The van der Waals surface area contributed by atoms with E-state index in [0.717, 1.165) is 12.1 Å². The van der Waals surface area contributed by atoms with Crippen LogP contribution in [0.2, 0.25) is 10.0 Å². The molecule has 18 heavy (non-hydrogen) atoms. The van der Waals surface area contributed by atoms with Crippen molar-refractivity contribution in [2.45, 2.75) is 29.9 Å². The molecule has 8 heteroatoms. The number of sulfonamides is 1. The highest BCUT2D eigenvalue weighted by Crippen LogP contribution is 2.30. The maximum atomic E-state index is 13.4. The Morgan fingerprint density at radius 3 is 2.50 bits per heavy atom. The topological polar surface area (TPSA) is 66.4 Å². The molecule has 0 aliphatic heterocycles. The van der Waals surface area contributed by atoms with Gasteiger partial charge < -0.3 is 5.11 Å². The van der Waals surface area contributed by atoms with Crippen molar-refractivity contribution >= 4 is 33.2 Å². The van der Waals surface area contributed by atoms with E-state index in [2.05, 4.69) is 4.72 Å². The van der Waals surface area contributed by atoms with Crippen molar-refractivity contribution in [3.05, 3.63) is 28.0 Å². The number of aliphatic hydroxyl groups excluding tert-OH is 1. The van der Waals surface area contributed by atoms with Crippen LogP contribution in [-0.2, 0) is 10.0 Å². The molecule has 0 heterocycles. The molecule has 1 aliphatic rings. The minimum Gasteiger partial charge on any atom is -0.393 e. The van der Waals surface area contributed by atoms with E-state index in [1.54, 1.807) is 0 Å². The average Bonchev–Trinajstić information content (AvgIpc) is 2.23. The molecule has 100 valence electrons. The van der Waals surface area contributed by atoms with E-state index in [1.165, 1.54) is 0 Å². The predicted molar refractivity (Wildman–Crippen MR) is 65.8 cm³/mol. The second-order valence-electron chi connectivity index (χ2n) is 4.12. The Hall–Kier alpha value is -0.400. The molecule has 0 bridgehead atoms. The van der Waals surface area contributed by atoms with Gasteiger partial charge in [-0.2, -0.15) is 0 Å². The van der Waals surface area contributed by atoms with E-state index in [9.17, 15) is 12.8 Å². The molecule has 0 atom stereocenters. The van der Waals surface area contributed by atoms with Gasteiger partial charge in [-0.25, -0.2) is 17.5 Å². The van der Waals surface area contributed by atoms with Crippen molar-refractivity contribution in [2.24, 2.45) is 0 Å². The molecule has 0 amide bonds. The SMILES string of the molecule is O=S(=O)(NC1CC(O)C1)c1ccc(Cl)c(F)c1Cl. The summed E-state index contributed by atoms with van der Waals surface area (Å²) < 4.78 is 39.6. The lowest BCUT2D eigenvalue weighted by molar-refractivity contribution is 0.0712. The molecule has 1 aliphatic carbocycles. The summed E-state index contributed by atoms with van der Waals surface area (Å²) in [7, 11) is -3.91. The highest BCUT2D eigenvalue weighted by Gasteiger charge is 2.32. The van der Waals surface area contributed by atoms with Crippen LogP contribution in [0, 0.1) is 5.82 Å². The van der Waals surface area contributed by atoms with Gasteiger partial charge in [0.1, 0.15) is 4.90 Å². The highest BCUT2D eigenvalue weighted by atomic mass is 35.5. The summed E-state index contributed by atoms with van der Waals surface area (Å²) in [5, 5.41) is 8.31. The molecule has 2 N–H and O–H groups in total. The molecule has 0 radical (unpaired) electrons. The van der Waals surface area contributed by atoms with Crippen molar-refractivity contribution in [1.29, 1.82) is 0 Å². The van der Waals surface area contributed by atoms with E-state index in [0.29, 0.717) is 12.8 Å². The lowest BCUT2D eigenvalue weighted by Gasteiger charge is -2.31. The van der Waals surface area contributed by atoms with Gasteiger partial charge in [0.15, 0.2) is 5.82 Å². The highest BCUT2D eigenvalue weighted by molar-refractivity contribution is 7.89. The summed E-state index contributed by atoms with van der Waals surface area (Å²) in [6.07, 6.45) is 0.190. The fourth-order valence-electron chi connectivity index (χ4n) is 1.68. The van der Waals surface area contributed by atoms with Crippen molar-refractivity contribution in [2.75, 3.05) is 0 Å². The molecule has 0 saturated heterocycles. The number of benzene rings is 1. The molecule has 1 fully saturated rings. The lowest BCUT2D eigenvalue weighted by Crippen LogP contribution is -2.46. The van der Waals surface area contributed by atoms with Gasteiger partial charge in [-0.3, -0.25) is 0 Å². The third-order valence-electron chi connectivity index (χ3n) is 2.72. The molecule has 0 spiro atoms. The molecular formula is C10H10Cl2FNO3S. The molecule has 1 aromatic carbocycles. The maximum absolute atomic E-state index is 13.4. The molecule has 4 nitrogen and oxygen atoms in total. The van der Waals surface area contributed by atoms with Gasteiger partial charge >= 0.3 is 0 Å². The number of halogens is 3. The first kappa shape index (κ1) is 14.0. The van der Waals surface area contributed by atoms with Gasteiger partial charge in [0.25, 0.3) is 0 Å². The summed E-state index contributed by atoms with van der Waals surface area (Å²) in [5.74, 6) is -0.963. The second-order valence-corrected chi connectivity index (χ2v) is 6.58. The van der Waals surface area contributed by atoms with E-state index >= 15 is 0 Å². The van der Waals surface area contributed by atoms with E-state index < -0.39 is 27.0 Å². The molecule has 0 unspecified atom stereocenters. The van der Waals surface area contributed by atoms with E-state index in [-0.39, 0.29) is 16.0 Å². The second kappa shape index (κ2) is 4.94. The monoisotopic (exact) mass is 313 g/mol. The predicted octanol–water partition coefficient (Wildman–Crippen LogP) is 1.93. The molecule has 1 saturated carbocycles. The van der Waals surface area contributed by atoms with Gasteiger partial charge in [0, 0.05) is 6.04 Å². The van der Waals surface area contributed by atoms with Crippen molar-refractivity contribution < 1.29 is 17.9 Å². The third-order valence-corrected chi connectivity index (χ3v) is 5.06. The van der Waals surface area contributed by atoms with Crippen LogP contribution in [-0.4, -0.2) is 25.7 Å². The first-order valence-electron chi connectivity index (χ1n) is 5.15. The Bertz CT molecular complexity index is 573. The number of rotatable bonds is 3. The molecule has 0 aromatic heterocycles. The fraction of sp³-hybridized carbons (Fsp3) is 0.400. The van der Waals surface area contributed by atoms with Gasteiger partial charge in [0.2, 0.25) is 10.0 Å². The Balaban J connectivity index is 2.27. The van der Waals surface area contributed by atoms with Crippen LogP contribution in [0.3, 0.4) is 0 Å². The van der Waals surface area contributed by atoms with Gasteiger partial charge in [-0.05, 0) is 25.0 Å². The lowest BCUT2D eigenvalue weighted by atomic mass is 9.91. The van der Waals surface area contributed by atoms with Crippen molar-refractivity contribution in [3.8, 4) is 0 Å². The Morgan fingerprint density at radius 2 is 1.94 bits per heavy atom. The summed E-state index contributed by atoms with van der Waals surface area (Å²) >= 11 is 11.1. The Kier molecular flexibility index (Phi) is 3.85. The summed E-state index contributed by atoms with van der Waals surface area (Å²) in [4.78, 5) is -0.354. The number of hydrogen-bond donors (Lipinski definition) is 2. The molecule has 2 rings (SSSR count). The van der Waals surface area contributed by atoms with Gasteiger partial charge in [0.05, 0.1) is 16.1 Å². The largest absolute Gasteiger partial charge is 0.393 e. The number of hydrogen-bond acceptors (Lipinski definition) is 3. The minimum atomic E-state index is -3.91. The normalized spacial score (nSPS) is 23.8. The first-order chi connectivity index (χ1) is 8.31. The van der Waals surface area contributed by atoms with Crippen LogP contribution in [0.15, 0.2) is 17.0 Å². The average molecular weight is 314 g/mol. The maximum Gasteiger partial charge on any atom is 0.242 e. The Morgan fingerprint density at radius 1 is 1.33 bits per heavy atom. The van der Waals surface area contributed by atoms with Crippen LogP contribution in [0.4, 0.5) is 4.39 Å². The standard InChI is InChI=1S/C10H10Cl2FNO3S/c11-7-1-2-8(9(12)10(7)13)18(16,17)14-5-3-6(15)4-5/h1-2,5-6,14-15H,3-4H2.